The topological polar surface area (TPSA) is 93.1 Å². The number of aromatic hydroxyl groups is 1. The van der Waals surface area contributed by atoms with Crippen LogP contribution >= 0.6 is 55.1 Å². The molecule has 0 spiro atoms. The highest BCUT2D eigenvalue weighted by Crippen LogP contribution is 2.33. The van der Waals surface area contributed by atoms with Crippen molar-refractivity contribution in [2.24, 2.45) is 0 Å². The van der Waals surface area contributed by atoms with Crippen molar-refractivity contribution in [3.8, 4) is 11.5 Å². The molecule has 28 heavy (non-hydrogen) atoms. The molecule has 0 bridgehead atoms. The smallest absolute Gasteiger partial charge is 0.339 e. The average molecular weight is 559 g/mol. The lowest BCUT2D eigenvalue weighted by atomic mass is 10.2. The third-order valence-electron chi connectivity index (χ3n) is 3.05. The number of carbonyl (C=O) groups is 2. The molecule has 0 aliphatic rings. The molecule has 0 aliphatic carbocycles. The highest BCUT2D eigenvalue weighted by atomic mass is 79.9. The Morgan fingerprint density at radius 3 is 2.07 bits per heavy atom. The van der Waals surface area contributed by atoms with Crippen LogP contribution in [0.1, 0.15) is 34.6 Å². The average Bonchev–Trinajstić information content (AvgIpc) is 2.61. The van der Waals surface area contributed by atoms with Crippen molar-refractivity contribution in [1.82, 2.24) is 0 Å². The third-order valence-corrected chi connectivity index (χ3v) is 4.75. The van der Waals surface area contributed by atoms with Crippen LogP contribution in [0.4, 0.5) is 0 Å². The molecular formula is C18H16Br2Cl2O6. The Kier molecular flexibility index (Phi) is 10.1. The van der Waals surface area contributed by atoms with Crippen LogP contribution in [-0.4, -0.2) is 35.4 Å². The molecule has 0 saturated carbocycles. The molecule has 2 N–H and O–H groups in total. The molecule has 0 aliphatic heterocycles. The third kappa shape index (κ3) is 6.84. The van der Waals surface area contributed by atoms with E-state index in [1.807, 2.05) is 6.92 Å². The van der Waals surface area contributed by atoms with E-state index >= 15 is 0 Å². The zero-order chi connectivity index (χ0) is 21.4. The number of rotatable bonds is 5. The summed E-state index contributed by atoms with van der Waals surface area (Å²) in [5, 5.41) is 17.8. The van der Waals surface area contributed by atoms with Gasteiger partial charge >= 0.3 is 11.9 Å². The molecule has 152 valence electrons. The van der Waals surface area contributed by atoms with E-state index in [-0.39, 0.29) is 21.4 Å². The molecule has 2 rings (SSSR count). The normalized spacial score (nSPS) is 9.93. The minimum atomic E-state index is -1.17. The van der Waals surface area contributed by atoms with Crippen LogP contribution in [0.2, 0.25) is 10.0 Å². The molecule has 0 saturated heterocycles. The van der Waals surface area contributed by atoms with E-state index in [0.717, 1.165) is 4.47 Å². The Hall–Kier alpha value is -1.48. The van der Waals surface area contributed by atoms with Crippen molar-refractivity contribution < 1.29 is 29.3 Å². The molecule has 0 atom stereocenters. The van der Waals surface area contributed by atoms with Crippen LogP contribution in [0.25, 0.3) is 0 Å². The molecule has 0 fully saturated rings. The molecule has 6 nitrogen and oxygen atoms in total. The van der Waals surface area contributed by atoms with Gasteiger partial charge in [0, 0.05) is 8.95 Å². The minimum absolute atomic E-state index is 0.122. The van der Waals surface area contributed by atoms with Gasteiger partial charge < -0.3 is 19.7 Å². The van der Waals surface area contributed by atoms with Gasteiger partial charge in [-0.15, -0.1) is 0 Å². The first-order chi connectivity index (χ1) is 13.1. The number of carbonyl (C=O) groups excluding carboxylic acids is 1. The molecule has 2 aromatic carbocycles. The Morgan fingerprint density at radius 1 is 0.964 bits per heavy atom. The van der Waals surface area contributed by atoms with Gasteiger partial charge in [0.05, 0.1) is 34.4 Å². The largest absolute Gasteiger partial charge is 0.506 e. The number of esters is 1. The van der Waals surface area contributed by atoms with Gasteiger partial charge in [-0.05, 0) is 38.1 Å². The second kappa shape index (κ2) is 11.5. The number of aromatic carboxylic acids is 1. The molecule has 0 unspecified atom stereocenters. The second-order valence-corrected chi connectivity index (χ2v) is 7.60. The zero-order valence-corrected chi connectivity index (χ0v) is 19.4. The van der Waals surface area contributed by atoms with E-state index < -0.39 is 11.9 Å². The summed E-state index contributed by atoms with van der Waals surface area (Å²) >= 11 is 17.9. The molecule has 2 aromatic rings. The fourth-order valence-corrected chi connectivity index (χ4v) is 3.23. The van der Waals surface area contributed by atoms with E-state index in [1.165, 1.54) is 12.1 Å². The standard InChI is InChI=1S/C11H12BrClO3.C7H4BrClO3/c1-3-15-9-6-7(12)5-8(10(9)13)11(14)16-4-2;8-3-1-4(7(11)12)6(9)5(10)2-3/h5-6H,3-4H2,1-2H3;1-2,10H,(H,11,12). The van der Waals surface area contributed by atoms with Gasteiger partial charge in [-0.1, -0.05) is 55.1 Å². The summed E-state index contributed by atoms with van der Waals surface area (Å²) in [6.45, 7) is 4.39. The molecule has 0 aromatic heterocycles. The number of phenols is 1. The van der Waals surface area contributed by atoms with Crippen molar-refractivity contribution >= 4 is 67.0 Å². The predicted molar refractivity (Wildman–Crippen MR) is 114 cm³/mol. The zero-order valence-electron chi connectivity index (χ0n) is 14.8. The molecule has 0 radical (unpaired) electrons. The van der Waals surface area contributed by atoms with Gasteiger partial charge in [0.2, 0.25) is 0 Å². The lowest BCUT2D eigenvalue weighted by Gasteiger charge is -2.10. The molecule has 0 amide bonds. The number of hydrogen-bond donors (Lipinski definition) is 2. The van der Waals surface area contributed by atoms with E-state index in [2.05, 4.69) is 31.9 Å². The summed E-state index contributed by atoms with van der Waals surface area (Å²) in [4.78, 5) is 22.1. The van der Waals surface area contributed by atoms with E-state index in [4.69, 9.17) is 42.9 Å². The molecular weight excluding hydrogens is 543 g/mol. The number of benzene rings is 2. The molecule has 10 heteroatoms. The number of ether oxygens (including phenoxy) is 2. The predicted octanol–water partition coefficient (Wildman–Crippen LogP) is 6.18. The fraction of sp³-hybridized carbons (Fsp3) is 0.222. The van der Waals surface area contributed by atoms with E-state index in [9.17, 15) is 9.59 Å². The van der Waals surface area contributed by atoms with Crippen molar-refractivity contribution in [2.45, 2.75) is 13.8 Å². The van der Waals surface area contributed by atoms with Crippen LogP contribution in [0, 0.1) is 0 Å². The Balaban J connectivity index is 0.000000292. The monoisotopic (exact) mass is 556 g/mol. The SMILES string of the molecule is CCOC(=O)c1cc(Br)cc(OCC)c1Cl.O=C(O)c1cc(Br)cc(O)c1Cl. The van der Waals surface area contributed by atoms with Crippen LogP contribution < -0.4 is 4.74 Å². The summed E-state index contributed by atoms with van der Waals surface area (Å²) in [6.07, 6.45) is 0. The quantitative estimate of drug-likeness (QED) is 0.425. The number of carboxylic acid groups (broad SMARTS) is 1. The summed E-state index contributed by atoms with van der Waals surface area (Å²) < 4.78 is 11.4. The highest BCUT2D eigenvalue weighted by molar-refractivity contribution is 9.10. The van der Waals surface area contributed by atoms with Crippen molar-refractivity contribution in [1.29, 1.82) is 0 Å². The highest BCUT2D eigenvalue weighted by Gasteiger charge is 2.17. The minimum Gasteiger partial charge on any atom is -0.506 e. The van der Waals surface area contributed by atoms with Gasteiger partial charge in [-0.3, -0.25) is 0 Å². The fourth-order valence-electron chi connectivity index (χ4n) is 1.91. The summed E-state index contributed by atoms with van der Waals surface area (Å²) in [5.74, 6) is -1.39. The number of hydrogen-bond acceptors (Lipinski definition) is 5. The van der Waals surface area contributed by atoms with E-state index in [0.29, 0.717) is 29.0 Å². The summed E-state index contributed by atoms with van der Waals surface area (Å²) in [7, 11) is 0. The van der Waals surface area contributed by atoms with Crippen LogP contribution in [0.3, 0.4) is 0 Å². The van der Waals surface area contributed by atoms with Gasteiger partial charge in [0.15, 0.2) is 0 Å². The molecule has 0 heterocycles. The maximum Gasteiger partial charge on any atom is 0.339 e. The van der Waals surface area contributed by atoms with Gasteiger partial charge in [-0.25, -0.2) is 9.59 Å². The van der Waals surface area contributed by atoms with Gasteiger partial charge in [0.25, 0.3) is 0 Å². The first kappa shape index (κ1) is 24.6. The Bertz CT molecular complexity index is 874. The van der Waals surface area contributed by atoms with Crippen LogP contribution in [0.5, 0.6) is 11.5 Å². The lowest BCUT2D eigenvalue weighted by Crippen LogP contribution is -2.06. The lowest BCUT2D eigenvalue weighted by molar-refractivity contribution is 0.0525. The van der Waals surface area contributed by atoms with Crippen molar-refractivity contribution in [3.05, 3.63) is 54.4 Å². The number of carboxylic acids is 1. The van der Waals surface area contributed by atoms with Crippen LogP contribution in [0.15, 0.2) is 33.2 Å². The van der Waals surface area contributed by atoms with Gasteiger partial charge in [-0.2, -0.15) is 0 Å². The summed E-state index contributed by atoms with van der Waals surface area (Å²) in [6, 6.07) is 5.98. The van der Waals surface area contributed by atoms with Crippen LogP contribution in [-0.2, 0) is 4.74 Å². The summed E-state index contributed by atoms with van der Waals surface area (Å²) in [5.41, 5.74) is 0.185. The number of phenolic OH excluding ortho intramolecular Hbond substituents is 1. The maximum atomic E-state index is 11.6. The first-order valence-electron chi connectivity index (χ1n) is 7.82. The van der Waals surface area contributed by atoms with Gasteiger partial charge in [0.1, 0.15) is 11.5 Å². The Labute approximate surface area is 188 Å². The second-order valence-electron chi connectivity index (χ2n) is 5.01. The maximum absolute atomic E-state index is 11.6. The first-order valence-corrected chi connectivity index (χ1v) is 10.2. The van der Waals surface area contributed by atoms with E-state index in [1.54, 1.807) is 19.1 Å². The van der Waals surface area contributed by atoms with Crippen molar-refractivity contribution in [3.63, 3.8) is 0 Å². The number of halogens is 4. The van der Waals surface area contributed by atoms with Crippen molar-refractivity contribution in [2.75, 3.05) is 13.2 Å². The Morgan fingerprint density at radius 2 is 1.54 bits per heavy atom.